The Balaban J connectivity index is 2.26. The predicted molar refractivity (Wildman–Crippen MR) is 96.4 cm³/mol. The van der Waals surface area contributed by atoms with Crippen LogP contribution in [0, 0.1) is 0 Å². The lowest BCUT2D eigenvalue weighted by Crippen LogP contribution is -2.66. The van der Waals surface area contributed by atoms with Gasteiger partial charge in [0.15, 0.2) is 12.4 Å². The zero-order valence-electron chi connectivity index (χ0n) is 16.2. The molecular weight excluding hydrogens is 370 g/mol. The lowest BCUT2D eigenvalue weighted by molar-refractivity contribution is -0.271. The van der Waals surface area contributed by atoms with Crippen LogP contribution >= 0.6 is 0 Å². The topological polar surface area (TPSA) is 109 Å². The average molecular weight is 395 g/mol. The smallest absolute Gasteiger partial charge is 0.303 e. The van der Waals surface area contributed by atoms with Crippen molar-refractivity contribution in [2.24, 2.45) is 0 Å². The quantitative estimate of drug-likeness (QED) is 0.671. The van der Waals surface area contributed by atoms with Gasteiger partial charge >= 0.3 is 11.9 Å². The van der Waals surface area contributed by atoms with Gasteiger partial charge in [-0.1, -0.05) is 18.2 Å². The third-order valence-corrected chi connectivity index (χ3v) is 4.24. The summed E-state index contributed by atoms with van der Waals surface area (Å²) in [5.41, 5.74) is 0.443. The minimum absolute atomic E-state index is 0.160. The van der Waals surface area contributed by atoms with E-state index >= 15 is 0 Å². The van der Waals surface area contributed by atoms with Crippen LogP contribution in [0.2, 0.25) is 0 Å². The molecule has 1 heterocycles. The monoisotopic (exact) mass is 395 g/mol. The largest absolute Gasteiger partial charge is 0.463 e. The highest BCUT2D eigenvalue weighted by atomic mass is 16.7. The Kier molecular flexibility index (Phi) is 7.91. The van der Waals surface area contributed by atoms with Crippen molar-refractivity contribution >= 4 is 17.8 Å². The van der Waals surface area contributed by atoms with Crippen LogP contribution in [0.25, 0.3) is 0 Å². The molecule has 1 N–H and O–H groups in total. The Bertz CT molecular complexity index is 680. The molecule has 5 unspecified atom stereocenters. The second-order valence-corrected chi connectivity index (χ2v) is 6.22. The number of carbonyl (C=O) groups excluding carboxylic acids is 3. The highest BCUT2D eigenvalue weighted by Crippen LogP contribution is 2.27. The molecule has 0 saturated carbocycles. The van der Waals surface area contributed by atoms with E-state index in [9.17, 15) is 14.4 Å². The molecule has 0 spiro atoms. The fourth-order valence-corrected chi connectivity index (χ4v) is 3.03. The molecule has 1 fully saturated rings. The van der Waals surface area contributed by atoms with Gasteiger partial charge in [-0.05, 0) is 12.1 Å². The van der Waals surface area contributed by atoms with Crippen LogP contribution in [0.5, 0.6) is 0 Å². The summed E-state index contributed by atoms with van der Waals surface area (Å²) in [5, 5.41) is 2.81. The van der Waals surface area contributed by atoms with E-state index in [4.69, 9.17) is 23.7 Å². The first kappa shape index (κ1) is 21.8. The van der Waals surface area contributed by atoms with Crippen molar-refractivity contribution in [3.05, 3.63) is 35.9 Å². The Morgan fingerprint density at radius 3 is 2.21 bits per heavy atom. The maximum Gasteiger partial charge on any atom is 0.303 e. The summed E-state index contributed by atoms with van der Waals surface area (Å²) in [5.74, 6) is -1.43. The number of hydrogen-bond donors (Lipinski definition) is 1. The van der Waals surface area contributed by atoms with E-state index in [2.05, 4.69) is 5.32 Å². The van der Waals surface area contributed by atoms with Gasteiger partial charge in [0.1, 0.15) is 24.9 Å². The molecule has 28 heavy (non-hydrogen) atoms. The normalized spacial score (nSPS) is 26.9. The second kappa shape index (κ2) is 10.2. The van der Waals surface area contributed by atoms with E-state index in [1.54, 1.807) is 30.3 Å². The third-order valence-electron chi connectivity index (χ3n) is 4.24. The van der Waals surface area contributed by atoms with Crippen molar-refractivity contribution in [2.45, 2.75) is 44.5 Å². The Morgan fingerprint density at radius 2 is 1.68 bits per heavy atom. The standard InChI is InChI=1S/C19H25NO8/c1-11(21)26-10-14-16(27-12(2)22)17(24-3)15(19(25-4)28-14)20-18(23)13-8-6-5-7-9-13/h5-9,14-17,19H,10H2,1-4H3,(H,20,23). The van der Waals surface area contributed by atoms with E-state index in [0.29, 0.717) is 5.56 Å². The van der Waals surface area contributed by atoms with Crippen LogP contribution in [0.15, 0.2) is 30.3 Å². The number of ether oxygens (including phenoxy) is 5. The van der Waals surface area contributed by atoms with Gasteiger partial charge in [0, 0.05) is 33.6 Å². The van der Waals surface area contributed by atoms with Crippen LogP contribution in [0.3, 0.4) is 0 Å². The number of rotatable bonds is 7. The zero-order valence-corrected chi connectivity index (χ0v) is 16.2. The van der Waals surface area contributed by atoms with Gasteiger partial charge in [-0.2, -0.15) is 0 Å². The Hall–Kier alpha value is -2.49. The molecule has 1 aliphatic heterocycles. The van der Waals surface area contributed by atoms with E-state index in [1.165, 1.54) is 28.1 Å². The molecule has 0 aliphatic carbocycles. The summed E-state index contributed by atoms with van der Waals surface area (Å²) in [6.45, 7) is 2.34. The van der Waals surface area contributed by atoms with Crippen molar-refractivity contribution in [2.75, 3.05) is 20.8 Å². The number of benzene rings is 1. The number of esters is 2. The summed E-state index contributed by atoms with van der Waals surface area (Å²) in [6.07, 6.45) is -3.46. The number of carbonyl (C=O) groups is 3. The predicted octanol–water partition coefficient (Wildman–Crippen LogP) is 0.666. The highest BCUT2D eigenvalue weighted by Gasteiger charge is 2.49. The van der Waals surface area contributed by atoms with E-state index < -0.39 is 42.6 Å². The maximum absolute atomic E-state index is 12.6. The van der Waals surface area contributed by atoms with Crippen LogP contribution in [-0.2, 0) is 33.3 Å². The molecule has 154 valence electrons. The summed E-state index contributed by atoms with van der Waals surface area (Å²) >= 11 is 0. The van der Waals surface area contributed by atoms with E-state index in [-0.39, 0.29) is 12.5 Å². The van der Waals surface area contributed by atoms with Gasteiger partial charge in [-0.3, -0.25) is 14.4 Å². The number of nitrogens with one attached hydrogen (secondary N) is 1. The molecule has 1 saturated heterocycles. The number of hydrogen-bond acceptors (Lipinski definition) is 8. The van der Waals surface area contributed by atoms with Crippen molar-refractivity contribution in [1.29, 1.82) is 0 Å². The first-order valence-electron chi connectivity index (χ1n) is 8.75. The molecule has 1 aromatic rings. The van der Waals surface area contributed by atoms with E-state index in [1.807, 2.05) is 0 Å². The highest BCUT2D eigenvalue weighted by molar-refractivity contribution is 5.94. The minimum atomic E-state index is -0.922. The number of methoxy groups -OCH3 is 2. The van der Waals surface area contributed by atoms with Crippen LogP contribution in [0.1, 0.15) is 24.2 Å². The van der Waals surface area contributed by atoms with Crippen molar-refractivity contribution < 1.29 is 38.1 Å². The van der Waals surface area contributed by atoms with Crippen LogP contribution in [-0.4, -0.2) is 69.3 Å². The maximum atomic E-state index is 12.6. The molecular formula is C19H25NO8. The van der Waals surface area contributed by atoms with Crippen molar-refractivity contribution in [3.63, 3.8) is 0 Å². The minimum Gasteiger partial charge on any atom is -0.463 e. The fraction of sp³-hybridized carbons (Fsp3) is 0.526. The lowest BCUT2D eigenvalue weighted by Gasteiger charge is -2.44. The fourth-order valence-electron chi connectivity index (χ4n) is 3.03. The molecule has 1 amide bonds. The molecule has 9 heteroatoms. The van der Waals surface area contributed by atoms with Gasteiger partial charge in [-0.15, -0.1) is 0 Å². The Morgan fingerprint density at radius 1 is 1.00 bits per heavy atom. The third kappa shape index (κ3) is 5.51. The summed E-state index contributed by atoms with van der Waals surface area (Å²) in [4.78, 5) is 35.4. The number of amides is 1. The second-order valence-electron chi connectivity index (χ2n) is 6.22. The molecule has 5 atom stereocenters. The molecule has 0 radical (unpaired) electrons. The molecule has 9 nitrogen and oxygen atoms in total. The average Bonchev–Trinajstić information content (AvgIpc) is 2.67. The summed E-state index contributed by atoms with van der Waals surface area (Å²) in [7, 11) is 2.83. The summed E-state index contributed by atoms with van der Waals surface area (Å²) < 4.78 is 27.1. The molecule has 2 rings (SSSR count). The first-order valence-corrected chi connectivity index (χ1v) is 8.75. The van der Waals surface area contributed by atoms with Crippen molar-refractivity contribution in [3.8, 4) is 0 Å². The van der Waals surface area contributed by atoms with Gasteiger partial charge < -0.3 is 29.0 Å². The van der Waals surface area contributed by atoms with Gasteiger partial charge in [0.25, 0.3) is 5.91 Å². The zero-order chi connectivity index (χ0) is 20.7. The SMILES string of the molecule is COC1OC(COC(C)=O)C(OC(C)=O)C(OC)C1NC(=O)c1ccccc1. The molecule has 0 aromatic heterocycles. The Labute approximate surface area is 163 Å². The van der Waals surface area contributed by atoms with Gasteiger partial charge in [0.2, 0.25) is 0 Å². The molecule has 1 aromatic carbocycles. The van der Waals surface area contributed by atoms with Gasteiger partial charge in [0.05, 0.1) is 0 Å². The molecule has 0 bridgehead atoms. The van der Waals surface area contributed by atoms with Gasteiger partial charge in [-0.25, -0.2) is 0 Å². The van der Waals surface area contributed by atoms with Crippen LogP contribution < -0.4 is 5.32 Å². The first-order chi connectivity index (χ1) is 13.4. The van der Waals surface area contributed by atoms with Crippen LogP contribution in [0.4, 0.5) is 0 Å². The van der Waals surface area contributed by atoms with E-state index in [0.717, 1.165) is 0 Å². The lowest BCUT2D eigenvalue weighted by atomic mass is 9.96. The summed E-state index contributed by atoms with van der Waals surface area (Å²) in [6, 6.07) is 7.83. The van der Waals surface area contributed by atoms with Crippen molar-refractivity contribution in [1.82, 2.24) is 5.32 Å². The molecule has 1 aliphatic rings.